The van der Waals surface area contributed by atoms with E-state index in [2.05, 4.69) is 0 Å². The lowest BCUT2D eigenvalue weighted by Gasteiger charge is -2.06. The Morgan fingerprint density at radius 1 is 0.844 bits per heavy atom. The van der Waals surface area contributed by atoms with Crippen molar-refractivity contribution in [2.45, 2.75) is 6.92 Å². The number of carbonyl (C=O) groups is 2. The average Bonchev–Trinajstić information content (AvgIpc) is 3.19. The van der Waals surface area contributed by atoms with Crippen molar-refractivity contribution in [1.82, 2.24) is 0 Å². The summed E-state index contributed by atoms with van der Waals surface area (Å²) in [5, 5.41) is 10.6. The maximum atomic E-state index is 13.4. The number of fused-ring (bicyclic) bond motifs is 3. The highest BCUT2D eigenvalue weighted by Crippen LogP contribution is 2.40. The van der Waals surface area contributed by atoms with Crippen molar-refractivity contribution >= 4 is 33.7 Å². The van der Waals surface area contributed by atoms with E-state index in [1.54, 1.807) is 61.5 Å². The number of aromatic carboxylic acids is 1. The van der Waals surface area contributed by atoms with E-state index in [1.807, 2.05) is 0 Å². The highest BCUT2D eigenvalue weighted by molar-refractivity contribution is 6.20. The summed E-state index contributed by atoms with van der Waals surface area (Å²) in [6.07, 6.45) is 0. The van der Waals surface area contributed by atoms with Crippen molar-refractivity contribution in [2.24, 2.45) is 0 Å². The zero-order chi connectivity index (χ0) is 22.4. The zero-order valence-corrected chi connectivity index (χ0v) is 16.9. The Hall–Kier alpha value is -4.45. The number of furan rings is 1. The Balaban J connectivity index is 1.92. The molecule has 3 aromatic carbocycles. The fourth-order valence-corrected chi connectivity index (χ4v) is 3.93. The molecular weight excluding hydrogens is 408 g/mol. The van der Waals surface area contributed by atoms with E-state index in [9.17, 15) is 19.5 Å². The summed E-state index contributed by atoms with van der Waals surface area (Å²) in [6.45, 7) is 1.80. The molecule has 0 atom stereocenters. The first-order chi connectivity index (χ1) is 15.4. The van der Waals surface area contributed by atoms with Crippen molar-refractivity contribution in [3.8, 4) is 11.1 Å². The fraction of sp³-hybridized carbons (Fsp3) is 0.0385. The minimum absolute atomic E-state index is 0.0467. The van der Waals surface area contributed by atoms with Gasteiger partial charge in [-0.15, -0.1) is 0 Å². The van der Waals surface area contributed by atoms with Crippen LogP contribution in [0, 0.1) is 6.92 Å². The Morgan fingerprint density at radius 2 is 1.59 bits per heavy atom. The molecule has 0 aliphatic rings. The first-order valence-corrected chi connectivity index (χ1v) is 9.87. The Bertz CT molecular complexity index is 1590. The quantitative estimate of drug-likeness (QED) is 0.305. The molecule has 0 unspecified atom stereocenters. The van der Waals surface area contributed by atoms with Gasteiger partial charge in [0.25, 0.3) is 0 Å². The molecule has 0 aliphatic heterocycles. The van der Waals surface area contributed by atoms with Crippen LogP contribution in [-0.2, 0) is 0 Å². The van der Waals surface area contributed by atoms with Gasteiger partial charge in [0.05, 0.1) is 10.9 Å². The normalized spacial score (nSPS) is 11.2. The van der Waals surface area contributed by atoms with E-state index in [4.69, 9.17) is 8.83 Å². The molecule has 0 bridgehead atoms. The summed E-state index contributed by atoms with van der Waals surface area (Å²) in [7, 11) is 0. The minimum atomic E-state index is -1.09. The van der Waals surface area contributed by atoms with Crippen LogP contribution in [0.1, 0.15) is 32.0 Å². The van der Waals surface area contributed by atoms with Crippen LogP contribution in [0.4, 0.5) is 0 Å². The minimum Gasteiger partial charge on any atom is -0.478 e. The van der Waals surface area contributed by atoms with Gasteiger partial charge < -0.3 is 13.9 Å². The second-order valence-corrected chi connectivity index (χ2v) is 7.45. The molecule has 6 nitrogen and oxygen atoms in total. The first-order valence-electron chi connectivity index (χ1n) is 9.87. The number of rotatable bonds is 4. The maximum Gasteiger partial charge on any atom is 0.336 e. The summed E-state index contributed by atoms with van der Waals surface area (Å²) in [4.78, 5) is 37.1. The molecule has 0 spiro atoms. The largest absolute Gasteiger partial charge is 0.478 e. The summed E-state index contributed by atoms with van der Waals surface area (Å²) in [5.74, 6) is -1.41. The van der Waals surface area contributed by atoms with Gasteiger partial charge in [-0.05, 0) is 42.3 Å². The Labute approximate surface area is 181 Å². The SMILES string of the molecule is Cc1cc(=O)oc2c1ccc1oc(C(=O)c3ccccc3)c(-c3cccc(C(=O)O)c3)c12. The van der Waals surface area contributed by atoms with Crippen molar-refractivity contribution in [3.63, 3.8) is 0 Å². The lowest BCUT2D eigenvalue weighted by Crippen LogP contribution is -2.02. The predicted octanol–water partition coefficient (Wildman–Crippen LogP) is 5.44. The van der Waals surface area contributed by atoms with Crippen LogP contribution in [0.15, 0.2) is 86.4 Å². The monoisotopic (exact) mass is 424 g/mol. The van der Waals surface area contributed by atoms with Gasteiger partial charge in [-0.3, -0.25) is 4.79 Å². The van der Waals surface area contributed by atoms with Crippen molar-refractivity contribution < 1.29 is 23.5 Å². The van der Waals surface area contributed by atoms with E-state index in [1.165, 1.54) is 18.2 Å². The van der Waals surface area contributed by atoms with Gasteiger partial charge >= 0.3 is 11.6 Å². The van der Waals surface area contributed by atoms with Crippen molar-refractivity contribution in [2.75, 3.05) is 0 Å². The number of carbonyl (C=O) groups excluding carboxylic acids is 1. The van der Waals surface area contributed by atoms with Gasteiger partial charge in [-0.2, -0.15) is 0 Å². The Kier molecular flexibility index (Phi) is 4.48. The number of aryl methyl sites for hydroxylation is 1. The third-order valence-corrected chi connectivity index (χ3v) is 5.41. The number of benzene rings is 3. The third kappa shape index (κ3) is 3.09. The molecule has 0 saturated heterocycles. The van der Waals surface area contributed by atoms with Crippen molar-refractivity contribution in [1.29, 1.82) is 0 Å². The molecule has 2 aromatic heterocycles. The van der Waals surface area contributed by atoms with Crippen LogP contribution in [0.2, 0.25) is 0 Å². The van der Waals surface area contributed by atoms with E-state index in [0.29, 0.717) is 38.6 Å². The van der Waals surface area contributed by atoms with E-state index >= 15 is 0 Å². The lowest BCUT2D eigenvalue weighted by molar-refractivity contribution is 0.0696. The van der Waals surface area contributed by atoms with Gasteiger partial charge in [-0.25, -0.2) is 9.59 Å². The third-order valence-electron chi connectivity index (χ3n) is 5.41. The summed E-state index contributed by atoms with van der Waals surface area (Å²) >= 11 is 0. The zero-order valence-electron chi connectivity index (χ0n) is 16.9. The van der Waals surface area contributed by atoms with Crippen LogP contribution >= 0.6 is 0 Å². The number of carboxylic acids is 1. The first kappa shape index (κ1) is 19.5. The molecule has 0 saturated carbocycles. The highest BCUT2D eigenvalue weighted by atomic mass is 16.4. The van der Waals surface area contributed by atoms with Crippen LogP contribution in [0.3, 0.4) is 0 Å². The maximum absolute atomic E-state index is 13.4. The van der Waals surface area contributed by atoms with Gasteiger partial charge in [-0.1, -0.05) is 42.5 Å². The fourth-order valence-electron chi connectivity index (χ4n) is 3.93. The van der Waals surface area contributed by atoms with E-state index in [-0.39, 0.29) is 17.1 Å². The molecule has 1 N–H and O–H groups in total. The molecule has 0 aliphatic carbocycles. The summed E-state index contributed by atoms with van der Waals surface area (Å²) in [6, 6.07) is 19.8. The topological polar surface area (TPSA) is 97.7 Å². The molecule has 6 heteroatoms. The number of hydrogen-bond donors (Lipinski definition) is 1. The van der Waals surface area contributed by atoms with E-state index < -0.39 is 11.6 Å². The smallest absolute Gasteiger partial charge is 0.336 e. The molecule has 156 valence electrons. The van der Waals surface area contributed by atoms with E-state index in [0.717, 1.165) is 5.56 Å². The number of carboxylic acid groups (broad SMARTS) is 1. The molecule has 2 heterocycles. The number of ketones is 1. The molecule has 5 rings (SSSR count). The predicted molar refractivity (Wildman–Crippen MR) is 119 cm³/mol. The average molecular weight is 424 g/mol. The number of hydrogen-bond acceptors (Lipinski definition) is 5. The van der Waals surface area contributed by atoms with Crippen LogP contribution < -0.4 is 5.63 Å². The second kappa shape index (κ2) is 7.35. The second-order valence-electron chi connectivity index (χ2n) is 7.45. The molecule has 0 fully saturated rings. The van der Waals surface area contributed by atoms with Crippen LogP contribution in [0.25, 0.3) is 33.1 Å². The molecular formula is C26H16O6. The van der Waals surface area contributed by atoms with Gasteiger partial charge in [0.15, 0.2) is 5.76 Å². The molecule has 5 aromatic rings. The highest BCUT2D eigenvalue weighted by Gasteiger charge is 2.26. The van der Waals surface area contributed by atoms with Crippen LogP contribution in [0.5, 0.6) is 0 Å². The van der Waals surface area contributed by atoms with Gasteiger partial charge in [0.2, 0.25) is 5.78 Å². The molecule has 0 amide bonds. The Morgan fingerprint density at radius 3 is 2.34 bits per heavy atom. The van der Waals surface area contributed by atoms with Crippen molar-refractivity contribution in [3.05, 3.63) is 106 Å². The summed E-state index contributed by atoms with van der Waals surface area (Å²) < 4.78 is 11.6. The molecule has 32 heavy (non-hydrogen) atoms. The van der Waals surface area contributed by atoms with Gasteiger partial charge in [0, 0.05) is 22.6 Å². The van der Waals surface area contributed by atoms with Gasteiger partial charge in [0.1, 0.15) is 11.2 Å². The standard InChI is InChI=1S/C26H16O6/c1-14-12-20(27)32-24-18(14)10-11-19-22(24)21(16-8-5-9-17(13-16)26(29)30)25(31-19)23(28)15-6-3-2-4-7-15/h2-13H,1H3,(H,29,30). The summed E-state index contributed by atoms with van der Waals surface area (Å²) in [5.41, 5.74) is 2.19. The van der Waals surface area contributed by atoms with Crippen LogP contribution in [-0.4, -0.2) is 16.9 Å². The lowest BCUT2D eigenvalue weighted by atomic mass is 9.95. The molecule has 0 radical (unpaired) electrons.